The van der Waals surface area contributed by atoms with Crippen LogP contribution in [0, 0.1) is 0 Å². The predicted octanol–water partition coefficient (Wildman–Crippen LogP) is 7.50. The number of pyridine rings is 1. The molecule has 0 N–H and O–H groups in total. The van der Waals surface area contributed by atoms with Crippen LogP contribution in [0.1, 0.15) is 44.6 Å². The molecule has 2 heteroatoms. The molecule has 3 heterocycles. The lowest BCUT2D eigenvalue weighted by molar-refractivity contribution is 0.970. The van der Waals surface area contributed by atoms with Gasteiger partial charge in [-0.1, -0.05) is 54.6 Å². The molecule has 35 heavy (non-hydrogen) atoms. The monoisotopic (exact) mass is 446 g/mol. The first-order valence-electron chi connectivity index (χ1n) is 12.6. The third kappa shape index (κ3) is 2.27. The van der Waals surface area contributed by atoms with Crippen molar-refractivity contribution in [1.82, 2.24) is 4.98 Å². The number of nitrogens with zero attached hydrogens (tertiary/aromatic N) is 2. The summed E-state index contributed by atoms with van der Waals surface area (Å²) in [6.45, 7) is 0. The molecule has 0 bridgehead atoms. The van der Waals surface area contributed by atoms with Gasteiger partial charge in [-0.3, -0.25) is 4.98 Å². The quantitative estimate of drug-likeness (QED) is 0.240. The first kappa shape index (κ1) is 18.2. The van der Waals surface area contributed by atoms with Crippen molar-refractivity contribution in [3.63, 3.8) is 0 Å². The molecule has 9 rings (SSSR count). The first-order chi connectivity index (χ1) is 17.3. The van der Waals surface area contributed by atoms with Crippen LogP contribution >= 0.6 is 0 Å². The van der Waals surface area contributed by atoms with Crippen LogP contribution in [-0.4, -0.2) is 4.98 Å². The van der Waals surface area contributed by atoms with E-state index in [1.807, 2.05) is 6.20 Å². The zero-order valence-corrected chi connectivity index (χ0v) is 19.3. The summed E-state index contributed by atoms with van der Waals surface area (Å²) in [5, 5.41) is 0. The molecule has 0 amide bonds. The summed E-state index contributed by atoms with van der Waals surface area (Å²) in [5.41, 5.74) is 21.1. The predicted molar refractivity (Wildman–Crippen MR) is 141 cm³/mol. The Bertz CT molecular complexity index is 1760. The lowest BCUT2D eigenvalue weighted by Crippen LogP contribution is -2.25. The molecule has 164 valence electrons. The van der Waals surface area contributed by atoms with Crippen molar-refractivity contribution in [3.05, 3.63) is 130 Å². The molecule has 2 aliphatic heterocycles. The van der Waals surface area contributed by atoms with Crippen molar-refractivity contribution in [2.45, 2.75) is 25.7 Å². The van der Waals surface area contributed by atoms with Crippen LogP contribution in [0.3, 0.4) is 0 Å². The van der Waals surface area contributed by atoms with E-state index in [2.05, 4.69) is 83.8 Å². The maximum absolute atomic E-state index is 4.77. The van der Waals surface area contributed by atoms with E-state index >= 15 is 0 Å². The Morgan fingerprint density at radius 3 is 2.20 bits per heavy atom. The van der Waals surface area contributed by atoms with Gasteiger partial charge in [-0.25, -0.2) is 0 Å². The van der Waals surface area contributed by atoms with Crippen molar-refractivity contribution in [2.24, 2.45) is 0 Å². The van der Waals surface area contributed by atoms with E-state index in [9.17, 15) is 0 Å². The molecule has 0 spiro atoms. The fourth-order valence-corrected chi connectivity index (χ4v) is 7.09. The summed E-state index contributed by atoms with van der Waals surface area (Å²) in [5.74, 6) is 0. The molecule has 0 unspecified atom stereocenters. The number of benzene rings is 4. The average Bonchev–Trinajstić information content (AvgIpc) is 3.45. The van der Waals surface area contributed by atoms with Gasteiger partial charge >= 0.3 is 0 Å². The van der Waals surface area contributed by atoms with E-state index in [-0.39, 0.29) is 0 Å². The Labute approximate surface area is 204 Å². The van der Waals surface area contributed by atoms with Gasteiger partial charge in [-0.05, 0) is 98.3 Å². The van der Waals surface area contributed by atoms with Gasteiger partial charge in [0, 0.05) is 19.0 Å². The molecule has 2 nitrogen and oxygen atoms in total. The van der Waals surface area contributed by atoms with Crippen LogP contribution < -0.4 is 4.90 Å². The van der Waals surface area contributed by atoms with Crippen LogP contribution in [0.5, 0.6) is 0 Å². The van der Waals surface area contributed by atoms with Gasteiger partial charge in [-0.15, -0.1) is 0 Å². The summed E-state index contributed by atoms with van der Waals surface area (Å²) >= 11 is 0. The van der Waals surface area contributed by atoms with Crippen molar-refractivity contribution in [2.75, 3.05) is 4.90 Å². The van der Waals surface area contributed by atoms with Crippen molar-refractivity contribution in [3.8, 4) is 22.3 Å². The highest BCUT2D eigenvalue weighted by atomic mass is 15.2. The molecular formula is C33H22N2. The molecule has 5 aromatic rings. The highest BCUT2D eigenvalue weighted by Gasteiger charge is 2.34. The minimum Gasteiger partial charge on any atom is -0.308 e. The number of aromatic nitrogens is 1. The van der Waals surface area contributed by atoms with E-state index in [4.69, 9.17) is 4.98 Å². The van der Waals surface area contributed by atoms with Crippen LogP contribution in [0.25, 0.3) is 22.3 Å². The average molecular weight is 447 g/mol. The number of rotatable bonds is 0. The summed E-state index contributed by atoms with van der Waals surface area (Å²) in [6.07, 6.45) is 5.91. The Hall–Kier alpha value is -4.17. The number of hydrogen-bond donors (Lipinski definition) is 0. The maximum atomic E-state index is 4.77. The summed E-state index contributed by atoms with van der Waals surface area (Å²) in [6, 6.07) is 29.7. The van der Waals surface area contributed by atoms with Gasteiger partial charge in [0.25, 0.3) is 0 Å². The van der Waals surface area contributed by atoms with Crippen molar-refractivity contribution in [1.29, 1.82) is 0 Å². The minimum absolute atomic E-state index is 0.911. The second-order valence-corrected chi connectivity index (χ2v) is 10.3. The van der Waals surface area contributed by atoms with E-state index in [0.29, 0.717) is 0 Å². The second kappa shape index (κ2) is 6.28. The molecule has 1 aromatic heterocycles. The van der Waals surface area contributed by atoms with Gasteiger partial charge in [-0.2, -0.15) is 0 Å². The minimum atomic E-state index is 0.911. The zero-order valence-electron chi connectivity index (χ0n) is 19.3. The number of hydrogen-bond acceptors (Lipinski definition) is 2. The topological polar surface area (TPSA) is 16.1 Å². The van der Waals surface area contributed by atoms with Gasteiger partial charge in [0.05, 0.1) is 22.8 Å². The molecule has 4 aliphatic rings. The van der Waals surface area contributed by atoms with Crippen LogP contribution in [0.2, 0.25) is 0 Å². The van der Waals surface area contributed by atoms with Gasteiger partial charge < -0.3 is 4.90 Å². The largest absolute Gasteiger partial charge is 0.308 e. The summed E-state index contributed by atoms with van der Waals surface area (Å²) in [7, 11) is 0. The van der Waals surface area contributed by atoms with Crippen LogP contribution in [-0.2, 0) is 25.7 Å². The fourth-order valence-electron chi connectivity index (χ4n) is 7.09. The van der Waals surface area contributed by atoms with Crippen LogP contribution in [0.4, 0.5) is 17.1 Å². The van der Waals surface area contributed by atoms with E-state index in [1.54, 1.807) is 0 Å². The third-order valence-corrected chi connectivity index (χ3v) is 8.58. The molecule has 0 saturated heterocycles. The molecule has 0 atom stereocenters. The number of anilines is 3. The Morgan fingerprint density at radius 2 is 1.29 bits per heavy atom. The highest BCUT2D eigenvalue weighted by molar-refractivity contribution is 5.93. The molecule has 4 aromatic carbocycles. The smallest absolute Gasteiger partial charge is 0.0688 e. The standard InChI is InChI=1S/C33H22N2/c1-2-8-24-19(5-1)14-28-25(24)10-11-26-27-16-23-13-20-6-3-7-21-17-30-31(9-4-12-34-30)35(33(20)21)32(23)18-22(27)15-29(26)28/h1-12,16,18H,13-15,17H2. The van der Waals surface area contributed by atoms with Crippen molar-refractivity contribution >= 4 is 17.1 Å². The Morgan fingerprint density at radius 1 is 0.514 bits per heavy atom. The summed E-state index contributed by atoms with van der Waals surface area (Å²) in [4.78, 5) is 7.26. The van der Waals surface area contributed by atoms with Gasteiger partial charge in [0.1, 0.15) is 0 Å². The van der Waals surface area contributed by atoms with Gasteiger partial charge in [0.15, 0.2) is 0 Å². The van der Waals surface area contributed by atoms with Gasteiger partial charge in [0.2, 0.25) is 0 Å². The molecule has 2 aliphatic carbocycles. The fraction of sp³-hybridized carbons (Fsp3) is 0.121. The SMILES string of the molecule is c1ccc2c(c1)Cc1c-2ccc2c1Cc1cc3c(cc1-2)Cc1cccc2c1N3c1cccnc1C2. The lowest BCUT2D eigenvalue weighted by Gasteiger charge is -2.39. The van der Waals surface area contributed by atoms with Crippen molar-refractivity contribution < 1.29 is 0 Å². The second-order valence-electron chi connectivity index (χ2n) is 10.3. The summed E-state index contributed by atoms with van der Waals surface area (Å²) < 4.78 is 0. The Balaban J connectivity index is 1.24. The lowest BCUT2D eigenvalue weighted by atomic mass is 9.86. The van der Waals surface area contributed by atoms with E-state index in [0.717, 1.165) is 25.7 Å². The number of para-hydroxylation sites is 1. The molecule has 0 saturated carbocycles. The van der Waals surface area contributed by atoms with Crippen LogP contribution in [0.15, 0.2) is 85.1 Å². The van der Waals surface area contributed by atoms with E-state index in [1.165, 1.54) is 84.0 Å². The highest BCUT2D eigenvalue weighted by Crippen LogP contribution is 2.53. The molecule has 0 radical (unpaired) electrons. The molecule has 0 fully saturated rings. The first-order valence-corrected chi connectivity index (χ1v) is 12.6. The molecular weight excluding hydrogens is 424 g/mol. The maximum Gasteiger partial charge on any atom is 0.0688 e. The zero-order chi connectivity index (χ0) is 22.7. The third-order valence-electron chi connectivity index (χ3n) is 8.58. The number of fused-ring (bicyclic) bond motifs is 11. The normalized spacial score (nSPS) is 14.9. The van der Waals surface area contributed by atoms with E-state index < -0.39 is 0 Å². The Kier molecular flexibility index (Phi) is 3.27.